The molecule has 128 valence electrons. The number of amides is 1. The lowest BCUT2D eigenvalue weighted by atomic mass is 10.1. The molecule has 0 aliphatic rings. The summed E-state index contributed by atoms with van der Waals surface area (Å²) in [7, 11) is 0. The fourth-order valence-electron chi connectivity index (χ4n) is 2.12. The van der Waals surface area contributed by atoms with Gasteiger partial charge in [0.25, 0.3) is 5.91 Å². The number of hydrogen-bond acceptors (Lipinski definition) is 6. The van der Waals surface area contributed by atoms with Crippen LogP contribution in [-0.2, 0) is 11.4 Å². The molecular weight excluding hydrogens is 348 g/mol. The fourth-order valence-corrected chi connectivity index (χ4v) is 2.64. The van der Waals surface area contributed by atoms with Crippen LogP contribution < -0.4 is 10.1 Å². The van der Waals surface area contributed by atoms with Gasteiger partial charge in [-0.25, -0.2) is 4.98 Å². The Bertz CT molecular complexity index is 947. The number of aromatic nitrogens is 2. The van der Waals surface area contributed by atoms with Crippen molar-refractivity contribution in [2.75, 3.05) is 5.32 Å². The molecule has 1 N–H and O–H groups in total. The topological polar surface area (TPSA) is 87.9 Å². The van der Waals surface area contributed by atoms with Crippen LogP contribution in [0.3, 0.4) is 0 Å². The number of ether oxygens (including phenoxy) is 1. The quantitative estimate of drug-likeness (QED) is 0.534. The zero-order valence-corrected chi connectivity index (χ0v) is 14.4. The highest BCUT2D eigenvalue weighted by molar-refractivity contribution is 7.13. The number of nitrogens with zero attached hydrogens (tertiary/aromatic N) is 3. The molecule has 6 nitrogen and oxygen atoms in total. The molecule has 26 heavy (non-hydrogen) atoms. The molecule has 0 saturated carbocycles. The van der Waals surface area contributed by atoms with Crippen LogP contribution in [0.15, 0.2) is 65.8 Å². The predicted molar refractivity (Wildman–Crippen MR) is 99.3 cm³/mol. The van der Waals surface area contributed by atoms with Gasteiger partial charge in [-0.05, 0) is 24.3 Å². The Morgan fingerprint density at radius 2 is 2.04 bits per heavy atom. The molecule has 0 unspecified atom stereocenters. The minimum Gasteiger partial charge on any atom is -0.487 e. The zero-order valence-electron chi connectivity index (χ0n) is 13.6. The lowest BCUT2D eigenvalue weighted by Gasteiger charge is -2.09. The normalized spacial score (nSPS) is 10.8. The highest BCUT2D eigenvalue weighted by atomic mass is 32.1. The summed E-state index contributed by atoms with van der Waals surface area (Å²) in [6.45, 7) is 0.291. The van der Waals surface area contributed by atoms with Crippen molar-refractivity contribution >= 4 is 28.5 Å². The van der Waals surface area contributed by atoms with Crippen LogP contribution in [-0.4, -0.2) is 15.9 Å². The monoisotopic (exact) mass is 362 g/mol. The maximum absolute atomic E-state index is 12.3. The van der Waals surface area contributed by atoms with Crippen molar-refractivity contribution < 1.29 is 9.53 Å². The van der Waals surface area contributed by atoms with Crippen molar-refractivity contribution in [3.05, 3.63) is 77.1 Å². The van der Waals surface area contributed by atoms with Crippen LogP contribution in [0.1, 0.15) is 11.3 Å². The number of nitrogens with one attached hydrogen (secondary N) is 1. The summed E-state index contributed by atoms with van der Waals surface area (Å²) in [5.41, 5.74) is 1.39. The highest BCUT2D eigenvalue weighted by Gasteiger charge is 2.12. The second-order valence-electron chi connectivity index (χ2n) is 5.11. The summed E-state index contributed by atoms with van der Waals surface area (Å²) < 4.78 is 5.80. The minimum atomic E-state index is -0.512. The number of anilines is 1. The summed E-state index contributed by atoms with van der Waals surface area (Å²) in [6.07, 6.45) is 4.77. The van der Waals surface area contributed by atoms with E-state index in [0.717, 1.165) is 5.69 Å². The van der Waals surface area contributed by atoms with Crippen LogP contribution in [0.2, 0.25) is 0 Å². The van der Waals surface area contributed by atoms with E-state index in [4.69, 9.17) is 4.74 Å². The van der Waals surface area contributed by atoms with E-state index in [1.807, 2.05) is 36.4 Å². The Labute approximate surface area is 154 Å². The third-order valence-corrected chi connectivity index (χ3v) is 4.03. The van der Waals surface area contributed by atoms with Crippen LogP contribution in [0, 0.1) is 11.3 Å². The van der Waals surface area contributed by atoms with Gasteiger partial charge in [0, 0.05) is 23.3 Å². The van der Waals surface area contributed by atoms with Crippen molar-refractivity contribution in [1.29, 1.82) is 5.26 Å². The molecular formula is C19H14N4O2S. The van der Waals surface area contributed by atoms with E-state index in [2.05, 4.69) is 15.3 Å². The molecule has 7 heteroatoms. The van der Waals surface area contributed by atoms with Gasteiger partial charge in [0.2, 0.25) is 0 Å². The SMILES string of the molecule is N#C/C(=C\c1ccccc1OCc1ccccn1)C(=O)Nc1nccs1. The lowest BCUT2D eigenvalue weighted by molar-refractivity contribution is -0.112. The molecule has 0 saturated heterocycles. The van der Waals surface area contributed by atoms with E-state index in [9.17, 15) is 10.1 Å². The summed E-state index contributed by atoms with van der Waals surface area (Å²) in [5.74, 6) is 0.0509. The second-order valence-corrected chi connectivity index (χ2v) is 6.00. The molecule has 2 heterocycles. The van der Waals surface area contributed by atoms with E-state index in [0.29, 0.717) is 23.1 Å². The molecule has 1 amide bonds. The predicted octanol–water partition coefficient (Wildman–Crippen LogP) is 3.66. The van der Waals surface area contributed by atoms with Gasteiger partial charge < -0.3 is 4.74 Å². The van der Waals surface area contributed by atoms with Crippen molar-refractivity contribution in [2.24, 2.45) is 0 Å². The zero-order chi connectivity index (χ0) is 18.2. The van der Waals surface area contributed by atoms with Crippen LogP contribution in [0.25, 0.3) is 6.08 Å². The molecule has 2 aromatic heterocycles. The number of carbonyl (C=O) groups excluding carboxylic acids is 1. The molecule has 1 aromatic carbocycles. The number of nitriles is 1. The molecule has 0 spiro atoms. The molecule has 0 radical (unpaired) electrons. The first kappa shape index (κ1) is 17.3. The van der Waals surface area contributed by atoms with Gasteiger partial charge in [0.15, 0.2) is 5.13 Å². The highest BCUT2D eigenvalue weighted by Crippen LogP contribution is 2.22. The van der Waals surface area contributed by atoms with Crippen LogP contribution >= 0.6 is 11.3 Å². The van der Waals surface area contributed by atoms with Gasteiger partial charge in [0.1, 0.15) is 24.0 Å². The van der Waals surface area contributed by atoms with E-state index in [1.54, 1.807) is 29.9 Å². The average Bonchev–Trinajstić information content (AvgIpc) is 3.19. The third kappa shape index (κ3) is 4.53. The first-order valence-corrected chi connectivity index (χ1v) is 8.58. The Kier molecular flexibility index (Phi) is 5.70. The van der Waals surface area contributed by atoms with E-state index in [1.165, 1.54) is 17.4 Å². The Balaban J connectivity index is 1.78. The number of pyridine rings is 1. The molecule has 0 aliphatic carbocycles. The molecule has 0 aliphatic heterocycles. The van der Waals surface area contributed by atoms with E-state index >= 15 is 0 Å². The first-order valence-electron chi connectivity index (χ1n) is 7.70. The summed E-state index contributed by atoms with van der Waals surface area (Å²) >= 11 is 1.28. The van der Waals surface area contributed by atoms with Crippen molar-refractivity contribution in [3.63, 3.8) is 0 Å². The largest absolute Gasteiger partial charge is 0.487 e. The molecule has 0 atom stereocenters. The summed E-state index contributed by atoms with van der Waals surface area (Å²) in [4.78, 5) is 20.4. The Hall–Kier alpha value is -3.50. The summed E-state index contributed by atoms with van der Waals surface area (Å²) in [5, 5.41) is 14.1. The number of carbonyl (C=O) groups is 1. The van der Waals surface area contributed by atoms with Crippen LogP contribution in [0.5, 0.6) is 5.75 Å². The number of para-hydroxylation sites is 1. The van der Waals surface area contributed by atoms with Gasteiger partial charge in [-0.2, -0.15) is 5.26 Å². The second kappa shape index (κ2) is 8.55. The van der Waals surface area contributed by atoms with Crippen molar-refractivity contribution in [3.8, 4) is 11.8 Å². The molecule has 0 bridgehead atoms. The number of benzene rings is 1. The van der Waals surface area contributed by atoms with Crippen molar-refractivity contribution in [1.82, 2.24) is 9.97 Å². The smallest absolute Gasteiger partial charge is 0.268 e. The fraction of sp³-hybridized carbons (Fsp3) is 0.0526. The van der Waals surface area contributed by atoms with Crippen LogP contribution in [0.4, 0.5) is 5.13 Å². The van der Waals surface area contributed by atoms with E-state index in [-0.39, 0.29) is 5.57 Å². The summed E-state index contributed by atoms with van der Waals surface area (Å²) in [6, 6.07) is 14.7. The maximum Gasteiger partial charge on any atom is 0.268 e. The maximum atomic E-state index is 12.3. The number of hydrogen-bond donors (Lipinski definition) is 1. The molecule has 0 fully saturated rings. The van der Waals surface area contributed by atoms with Gasteiger partial charge >= 0.3 is 0 Å². The van der Waals surface area contributed by atoms with E-state index < -0.39 is 5.91 Å². The lowest BCUT2D eigenvalue weighted by Crippen LogP contribution is -2.13. The Morgan fingerprint density at radius 3 is 2.77 bits per heavy atom. The standard InChI is InChI=1S/C19H14N4O2S/c20-12-15(18(24)23-19-22-9-10-26-19)11-14-5-1-2-7-17(14)25-13-16-6-3-4-8-21-16/h1-11H,13H2,(H,22,23,24)/b15-11+. The number of rotatable bonds is 6. The van der Waals surface area contributed by atoms with Gasteiger partial charge in [-0.15, -0.1) is 11.3 Å². The number of thiazole rings is 1. The first-order chi connectivity index (χ1) is 12.8. The average molecular weight is 362 g/mol. The van der Waals surface area contributed by atoms with Crippen molar-refractivity contribution in [2.45, 2.75) is 6.61 Å². The van der Waals surface area contributed by atoms with Gasteiger partial charge in [-0.1, -0.05) is 24.3 Å². The molecule has 3 rings (SSSR count). The third-order valence-electron chi connectivity index (χ3n) is 3.34. The minimum absolute atomic E-state index is 0.0333. The van der Waals surface area contributed by atoms with Gasteiger partial charge in [0.05, 0.1) is 5.69 Å². The molecule has 3 aromatic rings. The van der Waals surface area contributed by atoms with Gasteiger partial charge in [-0.3, -0.25) is 15.1 Å². The Morgan fingerprint density at radius 1 is 1.19 bits per heavy atom.